The Hall–Kier alpha value is -2.67. The minimum atomic E-state index is -0.570. The van der Waals surface area contributed by atoms with Gasteiger partial charge in [0.15, 0.2) is 11.5 Å². The fourth-order valence-corrected chi connectivity index (χ4v) is 6.07. The number of carbonyl (C=O) groups is 1. The monoisotopic (exact) mass is 462 g/mol. The Kier molecular flexibility index (Phi) is 6.99. The standard InChI is InChI=1S/C27H38N6O/c1-19-6-4-5-15-33(19)24-18-29-25(26(28)34)27(31-24)30-22-11-9-20(10-12-22)21-13-16-32(17-14-21)23-7-2-3-8-23/h9-12,18-19,21,23H,2-8,13-17H2,1H3,(H2,28,34)(H,30,31). The fourth-order valence-electron chi connectivity index (χ4n) is 6.07. The molecule has 7 heteroatoms. The van der Waals surface area contributed by atoms with E-state index in [0.717, 1.165) is 36.9 Å². The van der Waals surface area contributed by atoms with E-state index in [-0.39, 0.29) is 5.69 Å². The van der Waals surface area contributed by atoms with Gasteiger partial charge in [-0.2, -0.15) is 0 Å². The topological polar surface area (TPSA) is 87.4 Å². The second kappa shape index (κ2) is 10.3. The van der Waals surface area contributed by atoms with Gasteiger partial charge in [0.25, 0.3) is 5.91 Å². The van der Waals surface area contributed by atoms with Gasteiger partial charge >= 0.3 is 0 Å². The minimum absolute atomic E-state index is 0.178. The molecule has 1 atom stereocenters. The van der Waals surface area contributed by atoms with Crippen molar-refractivity contribution in [3.63, 3.8) is 0 Å². The van der Waals surface area contributed by atoms with Gasteiger partial charge in [-0.1, -0.05) is 25.0 Å². The van der Waals surface area contributed by atoms with E-state index < -0.39 is 5.91 Å². The van der Waals surface area contributed by atoms with Crippen LogP contribution in [0, 0.1) is 0 Å². The number of piperidine rings is 2. The van der Waals surface area contributed by atoms with Crippen LogP contribution in [0.1, 0.15) is 86.7 Å². The van der Waals surface area contributed by atoms with Crippen LogP contribution in [-0.2, 0) is 0 Å². The number of hydrogen-bond acceptors (Lipinski definition) is 6. The molecule has 5 rings (SSSR count). The van der Waals surface area contributed by atoms with Gasteiger partial charge in [-0.25, -0.2) is 9.97 Å². The molecule has 3 fully saturated rings. The van der Waals surface area contributed by atoms with E-state index >= 15 is 0 Å². The van der Waals surface area contributed by atoms with E-state index in [1.165, 1.54) is 63.6 Å². The molecule has 2 saturated heterocycles. The smallest absolute Gasteiger partial charge is 0.271 e. The van der Waals surface area contributed by atoms with E-state index in [9.17, 15) is 4.79 Å². The number of aromatic nitrogens is 2. The summed E-state index contributed by atoms with van der Waals surface area (Å²) in [6.45, 7) is 5.61. The maximum atomic E-state index is 12.0. The first-order chi connectivity index (χ1) is 16.6. The van der Waals surface area contributed by atoms with Crippen LogP contribution in [0.15, 0.2) is 30.5 Å². The third kappa shape index (κ3) is 5.04. The van der Waals surface area contributed by atoms with Crippen molar-refractivity contribution in [2.75, 3.05) is 29.9 Å². The second-order valence-corrected chi connectivity index (χ2v) is 10.3. The van der Waals surface area contributed by atoms with Gasteiger partial charge in [0.05, 0.1) is 6.20 Å². The predicted octanol–water partition coefficient (Wildman–Crippen LogP) is 4.82. The number of anilines is 3. The van der Waals surface area contributed by atoms with Crippen molar-refractivity contribution in [2.24, 2.45) is 5.73 Å². The van der Waals surface area contributed by atoms with Crippen LogP contribution >= 0.6 is 0 Å². The molecule has 1 aromatic carbocycles. The van der Waals surface area contributed by atoms with Crippen molar-refractivity contribution in [1.29, 1.82) is 0 Å². The lowest BCUT2D eigenvalue weighted by Crippen LogP contribution is -2.39. The van der Waals surface area contributed by atoms with Crippen LogP contribution in [0.5, 0.6) is 0 Å². The van der Waals surface area contributed by atoms with Gasteiger partial charge in [-0.05, 0) is 88.6 Å². The Bertz CT molecular complexity index is 979. The zero-order valence-corrected chi connectivity index (χ0v) is 20.4. The fraction of sp³-hybridized carbons (Fsp3) is 0.593. The Morgan fingerprint density at radius 2 is 1.68 bits per heavy atom. The molecular weight excluding hydrogens is 424 g/mol. The molecule has 1 aromatic heterocycles. The zero-order chi connectivity index (χ0) is 23.5. The molecule has 34 heavy (non-hydrogen) atoms. The van der Waals surface area contributed by atoms with Gasteiger partial charge in [0.2, 0.25) is 0 Å². The highest BCUT2D eigenvalue weighted by Gasteiger charge is 2.28. The van der Waals surface area contributed by atoms with E-state index in [2.05, 4.69) is 51.3 Å². The largest absolute Gasteiger partial charge is 0.364 e. The van der Waals surface area contributed by atoms with E-state index in [0.29, 0.717) is 17.8 Å². The molecule has 7 nitrogen and oxygen atoms in total. The summed E-state index contributed by atoms with van der Waals surface area (Å²) in [6.07, 6.45) is 13.2. The lowest BCUT2D eigenvalue weighted by Gasteiger charge is -2.36. The molecule has 182 valence electrons. The Labute approximate surface area is 203 Å². The van der Waals surface area contributed by atoms with Crippen molar-refractivity contribution < 1.29 is 4.79 Å². The lowest BCUT2D eigenvalue weighted by molar-refractivity contribution is 0.0996. The zero-order valence-electron chi connectivity index (χ0n) is 20.4. The number of primary amides is 1. The molecule has 2 aliphatic heterocycles. The van der Waals surface area contributed by atoms with Crippen molar-refractivity contribution in [1.82, 2.24) is 14.9 Å². The summed E-state index contributed by atoms with van der Waals surface area (Å²) < 4.78 is 0. The van der Waals surface area contributed by atoms with Crippen molar-refractivity contribution >= 4 is 23.2 Å². The molecule has 1 amide bonds. The molecule has 3 heterocycles. The highest BCUT2D eigenvalue weighted by molar-refractivity contribution is 5.96. The SMILES string of the molecule is CC1CCCCN1c1cnc(C(N)=O)c(Nc2ccc(C3CCN(C4CCCC4)CC3)cc2)n1. The number of rotatable bonds is 6. The molecule has 1 unspecified atom stereocenters. The van der Waals surface area contributed by atoms with Crippen LogP contribution in [0.25, 0.3) is 0 Å². The van der Waals surface area contributed by atoms with E-state index in [4.69, 9.17) is 10.7 Å². The molecule has 1 saturated carbocycles. The maximum Gasteiger partial charge on any atom is 0.271 e. The summed E-state index contributed by atoms with van der Waals surface area (Å²) in [5.74, 6) is 1.28. The molecular formula is C27H38N6O. The Morgan fingerprint density at radius 1 is 0.971 bits per heavy atom. The summed E-state index contributed by atoms with van der Waals surface area (Å²) in [6, 6.07) is 9.84. The lowest BCUT2D eigenvalue weighted by atomic mass is 9.88. The number of hydrogen-bond donors (Lipinski definition) is 2. The summed E-state index contributed by atoms with van der Waals surface area (Å²) in [5.41, 5.74) is 8.07. The molecule has 0 bridgehead atoms. The number of carbonyl (C=O) groups excluding carboxylic acids is 1. The molecule has 1 aliphatic carbocycles. The first-order valence-corrected chi connectivity index (χ1v) is 13.1. The number of benzene rings is 1. The molecule has 2 aromatic rings. The summed E-state index contributed by atoms with van der Waals surface area (Å²) in [4.78, 5) is 26.1. The van der Waals surface area contributed by atoms with Gasteiger partial charge in [-0.15, -0.1) is 0 Å². The summed E-state index contributed by atoms with van der Waals surface area (Å²) in [5, 5.41) is 3.31. The number of nitrogens with zero attached hydrogens (tertiary/aromatic N) is 4. The van der Waals surface area contributed by atoms with Crippen LogP contribution in [0.2, 0.25) is 0 Å². The first-order valence-electron chi connectivity index (χ1n) is 13.1. The van der Waals surface area contributed by atoms with E-state index in [1.807, 2.05) is 0 Å². The highest BCUT2D eigenvalue weighted by atomic mass is 16.1. The normalized spacial score (nSPS) is 22.7. The number of nitrogens with one attached hydrogen (secondary N) is 1. The van der Waals surface area contributed by atoms with E-state index in [1.54, 1.807) is 6.20 Å². The maximum absolute atomic E-state index is 12.0. The average Bonchev–Trinajstić information content (AvgIpc) is 3.40. The second-order valence-electron chi connectivity index (χ2n) is 10.3. The number of likely N-dealkylation sites (tertiary alicyclic amines) is 1. The first kappa shape index (κ1) is 23.1. The summed E-state index contributed by atoms with van der Waals surface area (Å²) in [7, 11) is 0. The average molecular weight is 463 g/mol. The number of nitrogens with two attached hydrogens (primary N) is 1. The number of amides is 1. The third-order valence-electron chi connectivity index (χ3n) is 8.11. The van der Waals surface area contributed by atoms with Crippen molar-refractivity contribution in [2.45, 2.75) is 82.7 Å². The highest BCUT2D eigenvalue weighted by Crippen LogP contribution is 2.33. The van der Waals surface area contributed by atoms with Gasteiger partial charge in [-0.3, -0.25) is 4.79 Å². The predicted molar refractivity (Wildman–Crippen MR) is 137 cm³/mol. The quantitative estimate of drug-likeness (QED) is 0.640. The van der Waals surface area contributed by atoms with Gasteiger partial charge in [0, 0.05) is 24.3 Å². The third-order valence-corrected chi connectivity index (χ3v) is 8.11. The van der Waals surface area contributed by atoms with Crippen molar-refractivity contribution in [3.05, 3.63) is 41.7 Å². The van der Waals surface area contributed by atoms with Gasteiger partial charge < -0.3 is 20.9 Å². The molecule has 3 aliphatic rings. The van der Waals surface area contributed by atoms with Crippen LogP contribution < -0.4 is 16.0 Å². The Balaban J connectivity index is 1.27. The Morgan fingerprint density at radius 3 is 2.35 bits per heavy atom. The van der Waals surface area contributed by atoms with Crippen LogP contribution in [0.3, 0.4) is 0 Å². The molecule has 3 N–H and O–H groups in total. The van der Waals surface area contributed by atoms with Gasteiger partial charge in [0.1, 0.15) is 5.82 Å². The van der Waals surface area contributed by atoms with Crippen LogP contribution in [-0.4, -0.2) is 52.5 Å². The molecule has 0 spiro atoms. The summed E-state index contributed by atoms with van der Waals surface area (Å²) >= 11 is 0. The molecule has 0 radical (unpaired) electrons. The van der Waals surface area contributed by atoms with Crippen molar-refractivity contribution in [3.8, 4) is 0 Å². The minimum Gasteiger partial charge on any atom is -0.364 e. The van der Waals surface area contributed by atoms with Crippen LogP contribution in [0.4, 0.5) is 17.3 Å².